The molecule has 0 aliphatic carbocycles. The first-order valence-corrected chi connectivity index (χ1v) is 7.39. The van der Waals surface area contributed by atoms with Crippen LogP contribution >= 0.6 is 24.0 Å². The van der Waals surface area contributed by atoms with E-state index in [0.717, 1.165) is 17.1 Å². The Labute approximate surface area is 157 Å². The predicted molar refractivity (Wildman–Crippen MR) is 107 cm³/mol. The Morgan fingerprint density at radius 3 is 2.13 bits per heavy atom. The quantitative estimate of drug-likeness (QED) is 0.423. The van der Waals surface area contributed by atoms with E-state index in [1.54, 1.807) is 14.2 Å². The van der Waals surface area contributed by atoms with Gasteiger partial charge in [-0.3, -0.25) is 4.99 Å². The van der Waals surface area contributed by atoms with Crippen molar-refractivity contribution in [1.82, 2.24) is 5.32 Å². The van der Waals surface area contributed by atoms with Crippen LogP contribution in [-0.4, -0.2) is 32.3 Å². The molecule has 0 heterocycles. The number of hydrogen-bond donors (Lipinski definition) is 2. The van der Waals surface area contributed by atoms with E-state index in [1.807, 2.05) is 18.2 Å². The van der Waals surface area contributed by atoms with Crippen molar-refractivity contribution in [3.63, 3.8) is 0 Å². The number of nitrogens with zero attached hydrogens (tertiary/aromatic N) is 1. The number of halogens is 1. The van der Waals surface area contributed by atoms with Gasteiger partial charge in [-0.25, -0.2) is 0 Å². The van der Waals surface area contributed by atoms with Crippen LogP contribution in [-0.2, 0) is 5.41 Å². The third-order valence-electron chi connectivity index (χ3n) is 3.31. The maximum Gasteiger partial charge on any atom is 0.189 e. The summed E-state index contributed by atoms with van der Waals surface area (Å²) in [6.45, 7) is 11.0. The van der Waals surface area contributed by atoms with Crippen LogP contribution in [0.1, 0.15) is 40.2 Å². The summed E-state index contributed by atoms with van der Waals surface area (Å²) in [6, 6.07) is 5.93. The number of benzene rings is 1. The van der Waals surface area contributed by atoms with E-state index in [4.69, 9.17) is 15.2 Å². The number of nitrogens with two attached hydrogens (primary N) is 1. The largest absolute Gasteiger partial charge is 0.493 e. The highest BCUT2D eigenvalue weighted by molar-refractivity contribution is 14.0. The van der Waals surface area contributed by atoms with Gasteiger partial charge in [0.15, 0.2) is 17.5 Å². The number of nitrogens with one attached hydrogen (secondary N) is 1. The number of ether oxygens (including phenoxy) is 2. The molecule has 0 aliphatic heterocycles. The van der Waals surface area contributed by atoms with E-state index in [0.29, 0.717) is 12.5 Å². The third kappa shape index (κ3) is 6.85. The molecule has 0 saturated heterocycles. The van der Waals surface area contributed by atoms with Crippen molar-refractivity contribution in [3.05, 3.63) is 23.8 Å². The standard InChI is InChI=1S/C17H29N3O2.HI/c1-16(2,3)20-15(18)19-11-17(4,5)12-8-9-13(21-6)14(10-12)22-7;/h8-10H,11H2,1-7H3,(H3,18,19,20);1H. The first-order valence-electron chi connectivity index (χ1n) is 7.39. The minimum absolute atomic E-state index is 0. The van der Waals surface area contributed by atoms with Gasteiger partial charge in [0.1, 0.15) is 0 Å². The van der Waals surface area contributed by atoms with Gasteiger partial charge in [-0.2, -0.15) is 0 Å². The van der Waals surface area contributed by atoms with Crippen LogP contribution in [0.4, 0.5) is 0 Å². The highest BCUT2D eigenvalue weighted by Gasteiger charge is 2.22. The lowest BCUT2D eigenvalue weighted by atomic mass is 9.84. The zero-order chi connectivity index (χ0) is 17.0. The first kappa shape index (κ1) is 21.8. The van der Waals surface area contributed by atoms with Gasteiger partial charge < -0.3 is 20.5 Å². The monoisotopic (exact) mass is 435 g/mol. The molecule has 0 fully saturated rings. The van der Waals surface area contributed by atoms with Gasteiger partial charge in [-0.1, -0.05) is 19.9 Å². The van der Waals surface area contributed by atoms with E-state index in [-0.39, 0.29) is 34.9 Å². The number of hydrogen-bond acceptors (Lipinski definition) is 3. The number of aliphatic imine (C=N–C) groups is 1. The summed E-state index contributed by atoms with van der Waals surface area (Å²) < 4.78 is 10.6. The zero-order valence-corrected chi connectivity index (χ0v) is 17.5. The minimum Gasteiger partial charge on any atom is -0.493 e. The lowest BCUT2D eigenvalue weighted by Crippen LogP contribution is -2.45. The Kier molecular flexibility index (Phi) is 8.17. The second kappa shape index (κ2) is 8.61. The number of methoxy groups -OCH3 is 2. The summed E-state index contributed by atoms with van der Waals surface area (Å²) in [5.41, 5.74) is 6.80. The molecule has 0 atom stereocenters. The molecular formula is C17H30IN3O2. The highest BCUT2D eigenvalue weighted by Crippen LogP contribution is 2.33. The molecule has 0 aliphatic rings. The summed E-state index contributed by atoms with van der Waals surface area (Å²) in [7, 11) is 3.27. The lowest BCUT2D eigenvalue weighted by Gasteiger charge is -2.26. The van der Waals surface area contributed by atoms with E-state index < -0.39 is 0 Å². The SMILES string of the molecule is COc1ccc(C(C)(C)CN=C(N)NC(C)(C)C)cc1OC.I. The maximum atomic E-state index is 5.94. The normalized spacial score (nSPS) is 12.4. The Morgan fingerprint density at radius 1 is 1.09 bits per heavy atom. The molecule has 0 unspecified atom stereocenters. The fraction of sp³-hybridized carbons (Fsp3) is 0.588. The summed E-state index contributed by atoms with van der Waals surface area (Å²) in [6.07, 6.45) is 0. The molecule has 0 spiro atoms. The van der Waals surface area contributed by atoms with Gasteiger partial charge in [-0.05, 0) is 38.5 Å². The van der Waals surface area contributed by atoms with Crippen LogP contribution in [0.2, 0.25) is 0 Å². The van der Waals surface area contributed by atoms with Crippen LogP contribution in [0.5, 0.6) is 11.5 Å². The van der Waals surface area contributed by atoms with E-state index in [1.165, 1.54) is 0 Å². The van der Waals surface area contributed by atoms with Gasteiger partial charge >= 0.3 is 0 Å². The fourth-order valence-electron chi connectivity index (χ4n) is 2.06. The lowest BCUT2D eigenvalue weighted by molar-refractivity contribution is 0.353. The van der Waals surface area contributed by atoms with Crippen molar-refractivity contribution in [2.75, 3.05) is 20.8 Å². The molecule has 0 saturated carbocycles. The molecule has 1 rings (SSSR count). The number of rotatable bonds is 5. The van der Waals surface area contributed by atoms with Crippen molar-refractivity contribution in [1.29, 1.82) is 0 Å². The van der Waals surface area contributed by atoms with Crippen molar-refractivity contribution < 1.29 is 9.47 Å². The van der Waals surface area contributed by atoms with Gasteiger partial charge in [0.05, 0.1) is 20.8 Å². The first-order chi connectivity index (χ1) is 10.1. The summed E-state index contributed by atoms with van der Waals surface area (Å²) in [4.78, 5) is 4.47. The molecular weight excluding hydrogens is 405 g/mol. The van der Waals surface area contributed by atoms with Crippen molar-refractivity contribution >= 4 is 29.9 Å². The molecule has 5 nitrogen and oxygen atoms in total. The molecule has 3 N–H and O–H groups in total. The molecule has 132 valence electrons. The molecule has 0 bridgehead atoms. The second-order valence-corrected chi connectivity index (χ2v) is 7.03. The Balaban J connectivity index is 0.00000484. The number of guanidine groups is 1. The van der Waals surface area contributed by atoms with Gasteiger partial charge in [0.25, 0.3) is 0 Å². The van der Waals surface area contributed by atoms with Crippen molar-refractivity contribution in [2.45, 2.75) is 45.6 Å². The highest BCUT2D eigenvalue weighted by atomic mass is 127. The van der Waals surface area contributed by atoms with Gasteiger partial charge in [0, 0.05) is 11.0 Å². The van der Waals surface area contributed by atoms with Crippen LogP contribution < -0.4 is 20.5 Å². The average Bonchev–Trinajstić information content (AvgIpc) is 2.42. The molecule has 0 amide bonds. The van der Waals surface area contributed by atoms with Gasteiger partial charge in [0.2, 0.25) is 0 Å². The minimum atomic E-state index is -0.163. The van der Waals surface area contributed by atoms with E-state index >= 15 is 0 Å². The molecule has 1 aromatic carbocycles. The Morgan fingerprint density at radius 2 is 1.65 bits per heavy atom. The molecule has 0 radical (unpaired) electrons. The van der Waals surface area contributed by atoms with Crippen LogP contribution in [0.15, 0.2) is 23.2 Å². The summed E-state index contributed by atoms with van der Waals surface area (Å²) in [5.74, 6) is 1.90. The second-order valence-electron chi connectivity index (χ2n) is 7.03. The molecule has 1 aromatic rings. The molecule has 0 aromatic heterocycles. The maximum absolute atomic E-state index is 5.94. The summed E-state index contributed by atoms with van der Waals surface area (Å²) >= 11 is 0. The topological polar surface area (TPSA) is 68.9 Å². The van der Waals surface area contributed by atoms with Crippen molar-refractivity contribution in [2.24, 2.45) is 10.7 Å². The van der Waals surface area contributed by atoms with E-state index in [9.17, 15) is 0 Å². The predicted octanol–water partition coefficient (Wildman–Crippen LogP) is 3.30. The molecule has 23 heavy (non-hydrogen) atoms. The van der Waals surface area contributed by atoms with Gasteiger partial charge in [-0.15, -0.1) is 24.0 Å². The van der Waals surface area contributed by atoms with Crippen molar-refractivity contribution in [3.8, 4) is 11.5 Å². The zero-order valence-electron chi connectivity index (χ0n) is 15.2. The van der Waals surface area contributed by atoms with Crippen LogP contribution in [0, 0.1) is 0 Å². The summed E-state index contributed by atoms with van der Waals surface area (Å²) in [5, 5.41) is 3.17. The van der Waals surface area contributed by atoms with Crippen LogP contribution in [0.3, 0.4) is 0 Å². The average molecular weight is 435 g/mol. The van der Waals surface area contributed by atoms with Crippen LogP contribution in [0.25, 0.3) is 0 Å². The molecule has 6 heteroatoms. The third-order valence-corrected chi connectivity index (χ3v) is 3.31. The van der Waals surface area contributed by atoms with E-state index in [2.05, 4.69) is 44.9 Å². The Bertz CT molecular complexity index is 537. The fourth-order valence-corrected chi connectivity index (χ4v) is 2.06. The Hall–Kier alpha value is -1.18. The smallest absolute Gasteiger partial charge is 0.189 e.